The molecule has 3 heterocycles. The number of anilines is 2. The van der Waals surface area contributed by atoms with Gasteiger partial charge in [-0.2, -0.15) is 0 Å². The molecular weight excluding hydrogens is 426 g/mol. The van der Waals surface area contributed by atoms with E-state index in [9.17, 15) is 19.2 Å². The number of para-hydroxylation sites is 2. The summed E-state index contributed by atoms with van der Waals surface area (Å²) in [5, 5.41) is 3.17. The van der Waals surface area contributed by atoms with Crippen molar-refractivity contribution in [2.24, 2.45) is 0 Å². The molecule has 10 heteroatoms. The molecule has 0 atom stereocenters. The summed E-state index contributed by atoms with van der Waals surface area (Å²) in [6.45, 7) is 1.11. The van der Waals surface area contributed by atoms with E-state index in [2.05, 4.69) is 10.3 Å². The van der Waals surface area contributed by atoms with Crippen molar-refractivity contribution in [2.75, 3.05) is 45.2 Å². The molecule has 1 aromatic heterocycles. The van der Waals surface area contributed by atoms with Crippen LogP contribution in [0.1, 0.15) is 23.2 Å². The quantitative estimate of drug-likeness (QED) is 0.658. The molecule has 2 aliphatic rings. The van der Waals surface area contributed by atoms with Crippen LogP contribution in [0.3, 0.4) is 0 Å². The van der Waals surface area contributed by atoms with Crippen LogP contribution in [0.25, 0.3) is 0 Å². The van der Waals surface area contributed by atoms with Gasteiger partial charge < -0.3 is 19.9 Å². The van der Waals surface area contributed by atoms with Gasteiger partial charge in [0.2, 0.25) is 17.7 Å². The first-order valence-corrected chi connectivity index (χ1v) is 10.7. The van der Waals surface area contributed by atoms with Crippen LogP contribution in [0.4, 0.5) is 11.5 Å². The first-order valence-electron chi connectivity index (χ1n) is 10.7. The lowest BCUT2D eigenvalue weighted by molar-refractivity contribution is -0.146. The van der Waals surface area contributed by atoms with Crippen LogP contribution < -0.4 is 10.1 Å². The normalized spacial score (nSPS) is 16.2. The van der Waals surface area contributed by atoms with Gasteiger partial charge in [-0.3, -0.25) is 24.1 Å². The van der Waals surface area contributed by atoms with E-state index >= 15 is 0 Å². The van der Waals surface area contributed by atoms with Gasteiger partial charge in [0, 0.05) is 45.2 Å². The van der Waals surface area contributed by atoms with Gasteiger partial charge in [0.05, 0.1) is 18.4 Å². The first-order chi connectivity index (χ1) is 16.0. The molecule has 0 aliphatic carbocycles. The molecule has 10 nitrogen and oxygen atoms in total. The number of rotatable bonds is 6. The third-order valence-corrected chi connectivity index (χ3v) is 5.77. The summed E-state index contributed by atoms with van der Waals surface area (Å²) in [7, 11) is 1.57. The molecule has 2 saturated heterocycles. The minimum absolute atomic E-state index is 0.157. The second kappa shape index (κ2) is 9.68. The number of pyridine rings is 1. The van der Waals surface area contributed by atoms with Crippen molar-refractivity contribution < 1.29 is 23.9 Å². The largest absolute Gasteiger partial charge is 0.495 e. The van der Waals surface area contributed by atoms with Crippen molar-refractivity contribution in [2.45, 2.75) is 12.8 Å². The van der Waals surface area contributed by atoms with E-state index in [-0.39, 0.29) is 43.0 Å². The number of nitrogens with zero attached hydrogens (tertiary/aromatic N) is 4. The molecule has 1 aromatic carbocycles. The number of aromatic nitrogens is 1. The molecule has 1 N–H and O–H groups in total. The molecule has 33 heavy (non-hydrogen) atoms. The van der Waals surface area contributed by atoms with Crippen molar-refractivity contribution in [1.82, 2.24) is 19.7 Å². The van der Waals surface area contributed by atoms with Gasteiger partial charge in [0.1, 0.15) is 18.1 Å². The molecular formula is C23H25N5O5. The minimum atomic E-state index is -0.311. The van der Waals surface area contributed by atoms with Gasteiger partial charge in [-0.05, 0) is 24.3 Å². The second-order valence-corrected chi connectivity index (χ2v) is 7.77. The highest BCUT2D eigenvalue weighted by Gasteiger charge is 2.33. The summed E-state index contributed by atoms with van der Waals surface area (Å²) in [6, 6.07) is 10.8. The Morgan fingerprint density at radius 1 is 0.970 bits per heavy atom. The van der Waals surface area contributed by atoms with Gasteiger partial charge in [-0.25, -0.2) is 4.98 Å². The Hall–Kier alpha value is -3.95. The number of piperazine rings is 1. The standard InChI is InChI=1S/C23H25N5O5/c1-33-18-7-3-2-6-17(18)25-22-16(5-4-10-24-22)23(32)27-13-11-26(12-14-27)21(31)15-28-19(29)8-9-20(28)30/h2-7,10H,8-9,11-15H2,1H3,(H,24,25). The highest BCUT2D eigenvalue weighted by Crippen LogP contribution is 2.28. The zero-order valence-corrected chi connectivity index (χ0v) is 18.3. The predicted octanol–water partition coefficient (Wildman–Crippen LogP) is 1.27. The lowest BCUT2D eigenvalue weighted by Gasteiger charge is -2.35. The molecule has 2 fully saturated rings. The van der Waals surface area contributed by atoms with E-state index in [4.69, 9.17) is 4.74 Å². The van der Waals surface area contributed by atoms with Crippen molar-refractivity contribution in [1.29, 1.82) is 0 Å². The van der Waals surface area contributed by atoms with E-state index in [1.165, 1.54) is 0 Å². The Labute approximate surface area is 191 Å². The Morgan fingerprint density at radius 2 is 1.64 bits per heavy atom. The molecule has 0 unspecified atom stereocenters. The number of hydrogen-bond acceptors (Lipinski definition) is 7. The monoisotopic (exact) mass is 451 g/mol. The number of imide groups is 1. The summed E-state index contributed by atoms with van der Waals surface area (Å²) in [4.78, 5) is 57.9. The molecule has 4 amide bonds. The number of hydrogen-bond donors (Lipinski definition) is 1. The molecule has 172 valence electrons. The van der Waals surface area contributed by atoms with Crippen LogP contribution in [0, 0.1) is 0 Å². The average Bonchev–Trinajstić information content (AvgIpc) is 3.16. The summed E-state index contributed by atoms with van der Waals surface area (Å²) in [5.74, 6) is -0.0639. The van der Waals surface area contributed by atoms with E-state index < -0.39 is 0 Å². The lowest BCUT2D eigenvalue weighted by atomic mass is 10.2. The summed E-state index contributed by atoms with van der Waals surface area (Å²) >= 11 is 0. The van der Waals surface area contributed by atoms with Crippen molar-refractivity contribution in [3.8, 4) is 5.75 Å². The topological polar surface area (TPSA) is 112 Å². The van der Waals surface area contributed by atoms with Crippen LogP contribution in [0.5, 0.6) is 5.75 Å². The summed E-state index contributed by atoms with van der Waals surface area (Å²) in [6.07, 6.45) is 1.92. The number of carbonyl (C=O) groups is 4. The Morgan fingerprint density at radius 3 is 2.33 bits per heavy atom. The Bertz CT molecular complexity index is 1060. The molecule has 2 aliphatic heterocycles. The van der Waals surface area contributed by atoms with Crippen molar-refractivity contribution in [3.05, 3.63) is 48.2 Å². The van der Waals surface area contributed by atoms with Gasteiger partial charge in [0.25, 0.3) is 5.91 Å². The lowest BCUT2D eigenvalue weighted by Crippen LogP contribution is -2.53. The van der Waals surface area contributed by atoms with E-state index in [0.29, 0.717) is 49.0 Å². The first kappa shape index (κ1) is 22.3. The van der Waals surface area contributed by atoms with Gasteiger partial charge >= 0.3 is 0 Å². The third kappa shape index (κ3) is 4.79. The molecule has 4 rings (SSSR count). The van der Waals surface area contributed by atoms with Crippen LogP contribution in [-0.4, -0.2) is 83.1 Å². The zero-order chi connectivity index (χ0) is 23.4. The summed E-state index contributed by atoms with van der Waals surface area (Å²) < 4.78 is 5.36. The van der Waals surface area contributed by atoms with Gasteiger partial charge in [-0.15, -0.1) is 0 Å². The van der Waals surface area contributed by atoms with Crippen LogP contribution in [-0.2, 0) is 14.4 Å². The number of ether oxygens (including phenoxy) is 1. The molecule has 0 bridgehead atoms. The minimum Gasteiger partial charge on any atom is -0.495 e. The van der Waals surface area contributed by atoms with Gasteiger partial charge in [-0.1, -0.05) is 12.1 Å². The predicted molar refractivity (Wildman–Crippen MR) is 119 cm³/mol. The maximum atomic E-state index is 13.2. The van der Waals surface area contributed by atoms with E-state index in [1.54, 1.807) is 35.2 Å². The van der Waals surface area contributed by atoms with E-state index in [0.717, 1.165) is 4.90 Å². The number of benzene rings is 1. The highest BCUT2D eigenvalue weighted by atomic mass is 16.5. The average molecular weight is 451 g/mol. The number of nitrogens with one attached hydrogen (secondary N) is 1. The number of methoxy groups -OCH3 is 1. The maximum absolute atomic E-state index is 13.2. The van der Waals surface area contributed by atoms with Gasteiger partial charge in [0.15, 0.2) is 0 Å². The number of carbonyl (C=O) groups excluding carboxylic acids is 4. The Kier molecular flexibility index (Phi) is 6.53. The third-order valence-electron chi connectivity index (χ3n) is 5.77. The smallest absolute Gasteiger partial charge is 0.257 e. The number of likely N-dealkylation sites (tertiary alicyclic amines) is 1. The van der Waals surface area contributed by atoms with Crippen molar-refractivity contribution >= 4 is 35.1 Å². The molecule has 0 spiro atoms. The fraction of sp³-hybridized carbons (Fsp3) is 0.348. The van der Waals surface area contributed by atoms with Crippen LogP contribution in [0.2, 0.25) is 0 Å². The second-order valence-electron chi connectivity index (χ2n) is 7.77. The van der Waals surface area contributed by atoms with E-state index in [1.807, 2.05) is 24.3 Å². The fourth-order valence-electron chi connectivity index (χ4n) is 3.92. The van der Waals surface area contributed by atoms with Crippen LogP contribution >= 0.6 is 0 Å². The molecule has 2 aromatic rings. The maximum Gasteiger partial charge on any atom is 0.257 e. The SMILES string of the molecule is COc1ccccc1Nc1ncccc1C(=O)N1CCN(C(=O)CN2C(=O)CCC2=O)CC1. The highest BCUT2D eigenvalue weighted by molar-refractivity contribution is 6.04. The zero-order valence-electron chi connectivity index (χ0n) is 18.3. The fourth-order valence-corrected chi connectivity index (χ4v) is 3.92. The van der Waals surface area contributed by atoms with Crippen molar-refractivity contribution in [3.63, 3.8) is 0 Å². The molecule has 0 radical (unpaired) electrons. The molecule has 0 saturated carbocycles. The Balaban J connectivity index is 1.39. The number of amides is 4. The van der Waals surface area contributed by atoms with Crippen LogP contribution in [0.15, 0.2) is 42.6 Å². The summed E-state index contributed by atoms with van der Waals surface area (Å²) in [5.41, 5.74) is 1.10.